The van der Waals surface area contributed by atoms with E-state index >= 15 is 0 Å². The molecule has 0 unspecified atom stereocenters. The van der Waals surface area contributed by atoms with E-state index in [9.17, 15) is 0 Å². The van der Waals surface area contributed by atoms with Crippen LogP contribution in [0.1, 0.15) is 37.7 Å². The summed E-state index contributed by atoms with van der Waals surface area (Å²) in [5.41, 5.74) is 3.27. The second-order valence-electron chi connectivity index (χ2n) is 7.18. The van der Waals surface area contributed by atoms with Crippen molar-refractivity contribution in [2.75, 3.05) is 13.6 Å². The normalized spacial score (nSPS) is 11.1. The van der Waals surface area contributed by atoms with Crippen molar-refractivity contribution in [1.82, 2.24) is 15.1 Å². The molecule has 0 atom stereocenters. The summed E-state index contributed by atoms with van der Waals surface area (Å²) >= 11 is 0. The number of rotatable bonds is 6. The van der Waals surface area contributed by atoms with Crippen LogP contribution in [-0.2, 0) is 6.54 Å². The van der Waals surface area contributed by atoms with Crippen LogP contribution in [-0.4, -0.2) is 28.7 Å². The molecule has 1 heterocycles. The zero-order valence-electron chi connectivity index (χ0n) is 16.4. The number of nitrogens with zero attached hydrogens (tertiary/aromatic N) is 2. The monoisotopic (exact) mass is 405 g/mol. The highest BCUT2D eigenvalue weighted by atomic mass is 35.5. The maximum Gasteiger partial charge on any atom is 0.0852 e. The van der Waals surface area contributed by atoms with E-state index in [1.165, 1.54) is 5.56 Å². The van der Waals surface area contributed by atoms with Gasteiger partial charge in [-0.15, -0.1) is 24.8 Å². The third-order valence-electron chi connectivity index (χ3n) is 3.40. The molecule has 0 aliphatic carbocycles. The first-order valence-electron chi connectivity index (χ1n) is 8.56. The molecule has 1 N–H and O–H groups in total. The fourth-order valence-corrected chi connectivity index (χ4v) is 2.20. The second kappa shape index (κ2) is 12.4. The Kier molecular flexibility index (Phi) is 11.5. The molecule has 0 aliphatic heterocycles. The van der Waals surface area contributed by atoms with Gasteiger partial charge in [0.25, 0.3) is 0 Å². The van der Waals surface area contributed by atoms with E-state index in [0.717, 1.165) is 24.5 Å². The molecule has 0 saturated heterocycles. The lowest BCUT2D eigenvalue weighted by Gasteiger charge is -2.12. The Bertz CT molecular complexity index is 775. The molecule has 3 nitrogen and oxygen atoms in total. The zero-order chi connectivity index (χ0) is 18.1. The van der Waals surface area contributed by atoms with Gasteiger partial charge in [-0.25, -0.2) is 0 Å². The number of benzene rings is 1. The van der Waals surface area contributed by atoms with Crippen molar-refractivity contribution in [3.63, 3.8) is 0 Å². The van der Waals surface area contributed by atoms with Crippen LogP contribution in [0, 0.1) is 17.3 Å². The van der Waals surface area contributed by atoms with Gasteiger partial charge in [0.1, 0.15) is 0 Å². The fourth-order valence-electron chi connectivity index (χ4n) is 2.20. The molecule has 1 aromatic carbocycles. The fraction of sp³-hybridized carbons (Fsp3) is 0.318. The lowest BCUT2D eigenvalue weighted by Crippen LogP contribution is -2.17. The van der Waals surface area contributed by atoms with Gasteiger partial charge in [-0.1, -0.05) is 54.3 Å². The molecule has 2 aromatic rings. The second-order valence-corrected chi connectivity index (χ2v) is 7.18. The SMILES string of the molecule is CN(C/C=C/C#CC(C)(C)C)Cc1cc(C=Cc2ccccc2)n[nH]1.Cl.Cl. The van der Waals surface area contributed by atoms with Gasteiger partial charge in [0.15, 0.2) is 0 Å². The van der Waals surface area contributed by atoms with Crippen LogP contribution >= 0.6 is 24.8 Å². The average Bonchev–Trinajstić information content (AvgIpc) is 3.00. The number of hydrogen-bond donors (Lipinski definition) is 1. The van der Waals surface area contributed by atoms with Gasteiger partial charge in [0.05, 0.1) is 5.69 Å². The zero-order valence-corrected chi connectivity index (χ0v) is 18.0. The maximum atomic E-state index is 4.34. The highest BCUT2D eigenvalue weighted by Crippen LogP contribution is 2.10. The molecule has 0 amide bonds. The largest absolute Gasteiger partial charge is 0.297 e. The number of nitrogens with one attached hydrogen (secondary N) is 1. The Hall–Kier alpha value is -1.99. The summed E-state index contributed by atoms with van der Waals surface area (Å²) in [7, 11) is 2.09. The van der Waals surface area contributed by atoms with Gasteiger partial charge >= 0.3 is 0 Å². The van der Waals surface area contributed by atoms with E-state index in [2.05, 4.69) is 85.1 Å². The molecule has 27 heavy (non-hydrogen) atoms. The number of hydrogen-bond acceptors (Lipinski definition) is 2. The number of aromatic nitrogens is 2. The summed E-state index contributed by atoms with van der Waals surface area (Å²) in [6.07, 6.45) is 8.12. The molecule has 1 aromatic heterocycles. The lowest BCUT2D eigenvalue weighted by atomic mass is 9.98. The average molecular weight is 406 g/mol. The summed E-state index contributed by atoms with van der Waals surface area (Å²) in [5, 5.41) is 7.44. The molecule has 5 heteroatoms. The molecule has 0 aliphatic rings. The van der Waals surface area contributed by atoms with Crippen molar-refractivity contribution in [2.45, 2.75) is 27.3 Å². The Labute approximate surface area is 175 Å². The predicted octanol–water partition coefficient (Wildman–Crippen LogP) is 5.46. The van der Waals surface area contributed by atoms with Gasteiger partial charge in [0.2, 0.25) is 0 Å². The first-order valence-corrected chi connectivity index (χ1v) is 8.56. The molecular weight excluding hydrogens is 377 g/mol. The number of allylic oxidation sites excluding steroid dienone is 1. The topological polar surface area (TPSA) is 31.9 Å². The van der Waals surface area contributed by atoms with Gasteiger partial charge in [-0.3, -0.25) is 10.00 Å². The number of H-pyrrole nitrogens is 1. The van der Waals surface area contributed by atoms with Crippen LogP contribution < -0.4 is 0 Å². The number of aromatic amines is 1. The summed E-state index contributed by atoms with van der Waals surface area (Å²) in [4.78, 5) is 2.22. The molecule has 146 valence electrons. The van der Waals surface area contributed by atoms with Crippen molar-refractivity contribution in [1.29, 1.82) is 0 Å². The highest BCUT2D eigenvalue weighted by molar-refractivity contribution is 5.85. The molecule has 0 bridgehead atoms. The molecule has 0 fully saturated rings. The summed E-state index contributed by atoms with van der Waals surface area (Å²) in [5.74, 6) is 6.29. The van der Waals surface area contributed by atoms with E-state index in [1.54, 1.807) is 0 Å². The molecule has 0 spiro atoms. The lowest BCUT2D eigenvalue weighted by molar-refractivity contribution is 0.358. The van der Waals surface area contributed by atoms with Crippen molar-refractivity contribution in [3.8, 4) is 11.8 Å². The molecular formula is C22H29Cl2N3. The predicted molar refractivity (Wildman–Crippen MR) is 121 cm³/mol. The number of halogens is 2. The molecule has 0 saturated carbocycles. The van der Waals surface area contributed by atoms with Crippen molar-refractivity contribution in [3.05, 3.63) is 65.5 Å². The minimum atomic E-state index is 0. The standard InChI is InChI=1S/C22H27N3.2ClH/c1-22(2,3)15-9-6-10-16-25(4)18-21-17-20(23-24-21)14-13-19-11-7-5-8-12-19;;/h5-8,10-14,17H,16,18H2,1-4H3,(H,23,24);2*1H/b10-6+,14-13?;;. The Morgan fingerprint density at radius 2 is 1.81 bits per heavy atom. The number of likely N-dealkylation sites (N-methyl/N-ethyl adjacent to an activating group) is 1. The van der Waals surface area contributed by atoms with Gasteiger partial charge in [-0.2, -0.15) is 5.10 Å². The summed E-state index contributed by atoms with van der Waals surface area (Å²) < 4.78 is 0. The van der Waals surface area contributed by atoms with E-state index in [1.807, 2.05) is 30.4 Å². The third-order valence-corrected chi connectivity index (χ3v) is 3.40. The summed E-state index contributed by atoms with van der Waals surface area (Å²) in [6, 6.07) is 12.3. The van der Waals surface area contributed by atoms with Crippen LogP contribution in [0.5, 0.6) is 0 Å². The first kappa shape index (κ1) is 25.0. The first-order chi connectivity index (χ1) is 11.9. The Morgan fingerprint density at radius 3 is 2.48 bits per heavy atom. The molecule has 2 rings (SSSR count). The van der Waals surface area contributed by atoms with Crippen molar-refractivity contribution >= 4 is 37.0 Å². The van der Waals surface area contributed by atoms with Gasteiger partial charge in [-0.05, 0) is 51.6 Å². The van der Waals surface area contributed by atoms with Gasteiger partial charge in [0, 0.05) is 24.2 Å². The third kappa shape index (κ3) is 10.7. The van der Waals surface area contributed by atoms with E-state index in [-0.39, 0.29) is 30.2 Å². The Balaban J connectivity index is 0.00000338. The Morgan fingerprint density at radius 1 is 1.11 bits per heavy atom. The van der Waals surface area contributed by atoms with Crippen LogP contribution in [0.2, 0.25) is 0 Å². The van der Waals surface area contributed by atoms with Crippen molar-refractivity contribution in [2.24, 2.45) is 5.41 Å². The summed E-state index contributed by atoms with van der Waals surface area (Å²) in [6.45, 7) is 8.02. The van der Waals surface area contributed by atoms with Crippen LogP contribution in [0.4, 0.5) is 0 Å². The van der Waals surface area contributed by atoms with Gasteiger partial charge < -0.3 is 0 Å². The molecule has 0 radical (unpaired) electrons. The quantitative estimate of drug-likeness (QED) is 0.646. The highest BCUT2D eigenvalue weighted by Gasteiger charge is 2.03. The van der Waals surface area contributed by atoms with Crippen LogP contribution in [0.25, 0.3) is 12.2 Å². The van der Waals surface area contributed by atoms with E-state index < -0.39 is 0 Å². The van der Waals surface area contributed by atoms with E-state index in [4.69, 9.17) is 0 Å². The van der Waals surface area contributed by atoms with E-state index in [0.29, 0.717) is 0 Å². The maximum absolute atomic E-state index is 4.34. The van der Waals surface area contributed by atoms with Crippen LogP contribution in [0.3, 0.4) is 0 Å². The van der Waals surface area contributed by atoms with Crippen molar-refractivity contribution < 1.29 is 0 Å². The van der Waals surface area contributed by atoms with Crippen LogP contribution in [0.15, 0.2) is 48.6 Å². The minimum Gasteiger partial charge on any atom is -0.297 e. The minimum absolute atomic E-state index is 0. The smallest absolute Gasteiger partial charge is 0.0852 e.